The highest BCUT2D eigenvalue weighted by molar-refractivity contribution is 5.88. The summed E-state index contributed by atoms with van der Waals surface area (Å²) >= 11 is 0. The van der Waals surface area contributed by atoms with Crippen LogP contribution < -0.4 is 5.32 Å². The molecule has 1 aromatic heterocycles. The number of carbonyl (C=O) groups is 1. The van der Waals surface area contributed by atoms with Crippen molar-refractivity contribution in [2.75, 3.05) is 0 Å². The van der Waals surface area contributed by atoms with E-state index in [1.54, 1.807) is 0 Å². The Kier molecular flexibility index (Phi) is 2.87. The van der Waals surface area contributed by atoms with Crippen molar-refractivity contribution in [3.63, 3.8) is 0 Å². The van der Waals surface area contributed by atoms with Crippen molar-refractivity contribution in [2.45, 2.75) is 38.5 Å². The van der Waals surface area contributed by atoms with Gasteiger partial charge >= 0.3 is 0 Å². The highest BCUT2D eigenvalue weighted by atomic mass is 19.1. The maximum Gasteiger partial charge on any atom is 0.252 e. The molecule has 1 aliphatic rings. The van der Waals surface area contributed by atoms with Gasteiger partial charge in [-0.15, -0.1) is 0 Å². The van der Waals surface area contributed by atoms with Gasteiger partial charge in [0, 0.05) is 6.20 Å². The predicted molar refractivity (Wildman–Crippen MR) is 59.7 cm³/mol. The number of ether oxygens (including phenoxy) is 1. The molecule has 5 heteroatoms. The van der Waals surface area contributed by atoms with Crippen molar-refractivity contribution in [3.05, 3.63) is 29.8 Å². The fourth-order valence-corrected chi connectivity index (χ4v) is 1.71. The quantitative estimate of drug-likeness (QED) is 0.796. The number of halogens is 1. The Morgan fingerprint density at radius 2 is 2.18 bits per heavy atom. The summed E-state index contributed by atoms with van der Waals surface area (Å²) in [7, 11) is 0. The molecule has 4 nitrogen and oxygen atoms in total. The van der Waals surface area contributed by atoms with Gasteiger partial charge in [0.05, 0.1) is 5.60 Å². The van der Waals surface area contributed by atoms with Crippen molar-refractivity contribution in [1.82, 2.24) is 10.3 Å². The van der Waals surface area contributed by atoms with Crippen molar-refractivity contribution in [2.24, 2.45) is 0 Å². The summed E-state index contributed by atoms with van der Waals surface area (Å²) in [6.45, 7) is 5.55. The summed E-state index contributed by atoms with van der Waals surface area (Å²) < 4.78 is 19.1. The van der Waals surface area contributed by atoms with E-state index in [1.165, 1.54) is 18.3 Å². The molecule has 92 valence electrons. The first-order chi connectivity index (χ1) is 7.88. The molecule has 2 atom stereocenters. The lowest BCUT2D eigenvalue weighted by molar-refractivity contribution is -0.163. The number of rotatable bonds is 2. The van der Waals surface area contributed by atoms with Crippen LogP contribution in [0.1, 0.15) is 32.5 Å². The third-order valence-electron chi connectivity index (χ3n) is 2.42. The van der Waals surface area contributed by atoms with Gasteiger partial charge in [0.1, 0.15) is 17.6 Å². The number of hydrogen-bond acceptors (Lipinski definition) is 3. The van der Waals surface area contributed by atoms with Crippen molar-refractivity contribution in [3.8, 4) is 0 Å². The number of carbonyl (C=O) groups excluding carboxylic acids is 1. The van der Waals surface area contributed by atoms with Crippen LogP contribution >= 0.6 is 0 Å². The first-order valence-corrected chi connectivity index (χ1v) is 5.47. The molecule has 1 fully saturated rings. The molecule has 1 aromatic rings. The molecule has 1 amide bonds. The van der Waals surface area contributed by atoms with Gasteiger partial charge in [-0.25, -0.2) is 4.39 Å². The molecule has 1 aliphatic heterocycles. The Balaban J connectivity index is 2.18. The summed E-state index contributed by atoms with van der Waals surface area (Å²) in [6.07, 6.45) is 0.830. The molecule has 1 saturated heterocycles. The van der Waals surface area contributed by atoms with E-state index in [0.29, 0.717) is 0 Å². The molecule has 0 aromatic carbocycles. The second-order valence-electron chi connectivity index (χ2n) is 5.01. The third-order valence-corrected chi connectivity index (χ3v) is 2.42. The Morgan fingerprint density at radius 3 is 2.71 bits per heavy atom. The van der Waals surface area contributed by atoms with Gasteiger partial charge in [-0.05, 0) is 32.9 Å². The summed E-state index contributed by atoms with van der Waals surface area (Å²) in [5, 5.41) is 2.61. The van der Waals surface area contributed by atoms with E-state index in [0.717, 1.165) is 0 Å². The molecule has 1 N–H and O–H groups in total. The fraction of sp³-hybridized carbons (Fsp3) is 0.500. The van der Waals surface area contributed by atoms with E-state index in [-0.39, 0.29) is 11.6 Å². The average Bonchev–Trinajstić information content (AvgIpc) is 2.23. The van der Waals surface area contributed by atoms with Gasteiger partial charge in [-0.1, -0.05) is 0 Å². The lowest BCUT2D eigenvalue weighted by atomic mass is 9.96. The van der Waals surface area contributed by atoms with Gasteiger partial charge in [0.15, 0.2) is 6.10 Å². The van der Waals surface area contributed by atoms with Gasteiger partial charge in [-0.2, -0.15) is 0 Å². The topological polar surface area (TPSA) is 51.2 Å². The zero-order valence-corrected chi connectivity index (χ0v) is 10.0. The molecule has 0 bridgehead atoms. The molecule has 0 aliphatic carbocycles. The highest BCUT2D eigenvalue weighted by Crippen LogP contribution is 2.30. The van der Waals surface area contributed by atoms with Gasteiger partial charge in [-0.3, -0.25) is 9.78 Å². The van der Waals surface area contributed by atoms with Crippen molar-refractivity contribution < 1.29 is 13.9 Å². The lowest BCUT2D eigenvalue weighted by Gasteiger charge is -2.39. The van der Waals surface area contributed by atoms with E-state index in [9.17, 15) is 9.18 Å². The van der Waals surface area contributed by atoms with Crippen LogP contribution in [-0.2, 0) is 9.53 Å². The van der Waals surface area contributed by atoms with Crippen LogP contribution in [0, 0.1) is 5.82 Å². The number of aromatic nitrogens is 1. The molecule has 2 rings (SSSR count). The van der Waals surface area contributed by atoms with E-state index in [2.05, 4.69) is 10.3 Å². The average molecular weight is 238 g/mol. The minimum Gasteiger partial charge on any atom is -0.360 e. The maximum atomic E-state index is 13.5. The smallest absolute Gasteiger partial charge is 0.252 e. The lowest BCUT2D eigenvalue weighted by Crippen LogP contribution is -2.59. The molecular formula is C12H15FN2O2. The number of hydrogen-bond donors (Lipinski definition) is 1. The second-order valence-corrected chi connectivity index (χ2v) is 5.01. The zero-order chi connectivity index (χ0) is 12.6. The molecule has 0 saturated carbocycles. The Hall–Kier alpha value is -1.49. The van der Waals surface area contributed by atoms with Crippen molar-refractivity contribution in [1.29, 1.82) is 0 Å². The highest BCUT2D eigenvalue weighted by Gasteiger charge is 2.45. The molecule has 2 heterocycles. The van der Waals surface area contributed by atoms with E-state index in [4.69, 9.17) is 4.74 Å². The number of amides is 1. The van der Waals surface area contributed by atoms with Crippen LogP contribution in [0.3, 0.4) is 0 Å². The maximum absolute atomic E-state index is 13.5. The summed E-state index contributed by atoms with van der Waals surface area (Å²) in [5.74, 6) is -0.657. The van der Waals surface area contributed by atoms with Crippen LogP contribution in [0.25, 0.3) is 0 Å². The second kappa shape index (κ2) is 4.07. The minimum absolute atomic E-state index is 0.223. The van der Waals surface area contributed by atoms with Gasteiger partial charge in [0.2, 0.25) is 0 Å². The van der Waals surface area contributed by atoms with Crippen LogP contribution in [0.2, 0.25) is 0 Å². The summed E-state index contributed by atoms with van der Waals surface area (Å²) in [6, 6.07) is 2.34. The molecule has 0 unspecified atom stereocenters. The number of nitrogens with one attached hydrogen (secondary N) is 1. The Labute approximate surface area is 99.2 Å². The monoisotopic (exact) mass is 238 g/mol. The SMILES string of the molecule is CC(C)(C)O[C@H]1C(=O)N[C@H]1c1ncccc1F. The van der Waals surface area contributed by atoms with E-state index < -0.39 is 23.6 Å². The standard InChI is InChI=1S/C12H15FN2O2/c1-12(2,3)17-10-9(15-11(10)16)8-7(13)5-4-6-14-8/h4-6,9-10H,1-3H3,(H,15,16)/t9-,10+/m0/s1. The van der Waals surface area contributed by atoms with Crippen LogP contribution in [0.15, 0.2) is 18.3 Å². The Morgan fingerprint density at radius 1 is 1.47 bits per heavy atom. The van der Waals surface area contributed by atoms with Crippen molar-refractivity contribution >= 4 is 5.91 Å². The molecule has 17 heavy (non-hydrogen) atoms. The van der Waals surface area contributed by atoms with Crippen LogP contribution in [-0.4, -0.2) is 22.6 Å². The van der Waals surface area contributed by atoms with E-state index >= 15 is 0 Å². The molecule has 0 spiro atoms. The number of β-lactam (4-membered cyclic amide) rings is 1. The minimum atomic E-state index is -0.667. The van der Waals surface area contributed by atoms with Gasteiger partial charge < -0.3 is 10.1 Å². The number of pyridine rings is 1. The third kappa shape index (κ3) is 2.44. The van der Waals surface area contributed by atoms with E-state index in [1.807, 2.05) is 20.8 Å². The predicted octanol–water partition coefficient (Wildman–Crippen LogP) is 1.58. The first-order valence-electron chi connectivity index (χ1n) is 5.47. The van der Waals surface area contributed by atoms with Crippen LogP contribution in [0.4, 0.5) is 4.39 Å². The largest absolute Gasteiger partial charge is 0.360 e. The summed E-state index contributed by atoms with van der Waals surface area (Å²) in [4.78, 5) is 15.4. The Bertz CT molecular complexity index is 442. The first kappa shape index (κ1) is 12.0. The molecule has 0 radical (unpaired) electrons. The van der Waals surface area contributed by atoms with Gasteiger partial charge in [0.25, 0.3) is 5.91 Å². The van der Waals surface area contributed by atoms with Crippen LogP contribution in [0.5, 0.6) is 0 Å². The summed E-state index contributed by atoms with van der Waals surface area (Å²) in [5.41, 5.74) is -0.229. The zero-order valence-electron chi connectivity index (χ0n) is 10.0. The normalized spacial score (nSPS) is 24.1. The fourth-order valence-electron chi connectivity index (χ4n) is 1.71. The number of nitrogens with zero attached hydrogens (tertiary/aromatic N) is 1. The molecular weight excluding hydrogens is 223 g/mol.